The summed E-state index contributed by atoms with van der Waals surface area (Å²) in [5, 5.41) is 2.95. The van der Waals surface area contributed by atoms with E-state index in [1.165, 1.54) is 17.5 Å². The highest BCUT2D eigenvalue weighted by Crippen LogP contribution is 2.42. The van der Waals surface area contributed by atoms with Gasteiger partial charge < -0.3 is 5.32 Å². The van der Waals surface area contributed by atoms with Gasteiger partial charge in [0, 0.05) is 17.8 Å². The molecular formula is C24H28N2O2S. The van der Waals surface area contributed by atoms with Gasteiger partial charge in [0.15, 0.2) is 0 Å². The van der Waals surface area contributed by atoms with Crippen molar-refractivity contribution in [2.75, 3.05) is 16.0 Å². The molecule has 2 aromatic carbocycles. The number of thioether (sulfide) groups is 1. The van der Waals surface area contributed by atoms with E-state index in [-0.39, 0.29) is 17.2 Å². The SMILES string of the molecule is CCCCCC(=O)Nc1ccc([C@H]2SCC(=O)N2c2ccc3c(c2)CCC3)cc1. The number of amides is 2. The number of hydrogen-bond acceptors (Lipinski definition) is 3. The van der Waals surface area contributed by atoms with Crippen LogP contribution in [0.3, 0.4) is 0 Å². The van der Waals surface area contributed by atoms with E-state index in [0.717, 1.165) is 49.0 Å². The van der Waals surface area contributed by atoms with Gasteiger partial charge in [0.2, 0.25) is 11.8 Å². The molecule has 0 aromatic heterocycles. The van der Waals surface area contributed by atoms with E-state index in [2.05, 4.69) is 30.4 Å². The number of carbonyl (C=O) groups is 2. The fourth-order valence-corrected chi connectivity index (χ4v) is 5.33. The molecule has 1 aliphatic carbocycles. The first-order valence-corrected chi connectivity index (χ1v) is 11.7. The molecule has 0 spiro atoms. The third-order valence-corrected chi connectivity index (χ3v) is 6.93. The van der Waals surface area contributed by atoms with Crippen molar-refractivity contribution in [3.05, 3.63) is 59.2 Å². The van der Waals surface area contributed by atoms with Crippen LogP contribution in [-0.2, 0) is 22.4 Å². The number of carbonyl (C=O) groups excluding carboxylic acids is 2. The largest absolute Gasteiger partial charge is 0.326 e. The molecule has 0 radical (unpaired) electrons. The van der Waals surface area contributed by atoms with Crippen molar-refractivity contribution >= 4 is 35.0 Å². The summed E-state index contributed by atoms with van der Waals surface area (Å²) in [6.45, 7) is 2.13. The Morgan fingerprint density at radius 1 is 1.10 bits per heavy atom. The van der Waals surface area contributed by atoms with E-state index < -0.39 is 0 Å². The molecule has 1 saturated heterocycles. The van der Waals surface area contributed by atoms with E-state index in [0.29, 0.717) is 12.2 Å². The van der Waals surface area contributed by atoms with Gasteiger partial charge in [-0.2, -0.15) is 0 Å². The zero-order valence-corrected chi connectivity index (χ0v) is 17.8. The van der Waals surface area contributed by atoms with Crippen LogP contribution in [0.2, 0.25) is 0 Å². The first kappa shape index (κ1) is 20.0. The maximum atomic E-state index is 12.6. The first-order valence-electron chi connectivity index (χ1n) is 10.6. The van der Waals surface area contributed by atoms with Crippen LogP contribution in [0.4, 0.5) is 11.4 Å². The van der Waals surface area contributed by atoms with Crippen LogP contribution in [0.1, 0.15) is 61.1 Å². The summed E-state index contributed by atoms with van der Waals surface area (Å²) in [6.07, 6.45) is 7.14. The van der Waals surface area contributed by atoms with Crippen molar-refractivity contribution < 1.29 is 9.59 Å². The standard InChI is InChI=1S/C24H28N2O2S/c1-2-3-4-8-22(27)25-20-12-9-18(10-13-20)24-26(23(28)16-29-24)21-14-11-17-6-5-7-19(17)15-21/h9-15,24H,2-8,16H2,1H3,(H,25,27)/t24-/m1/s1. The number of fused-ring (bicyclic) bond motifs is 1. The van der Waals surface area contributed by atoms with Crippen molar-refractivity contribution in [3.63, 3.8) is 0 Å². The molecule has 0 unspecified atom stereocenters. The molecule has 0 bridgehead atoms. The summed E-state index contributed by atoms with van der Waals surface area (Å²) in [5.41, 5.74) is 5.70. The van der Waals surface area contributed by atoms with Gasteiger partial charge in [-0.05, 0) is 66.6 Å². The molecule has 0 saturated carbocycles. The molecule has 4 rings (SSSR count). The Balaban J connectivity index is 1.47. The highest BCUT2D eigenvalue weighted by atomic mass is 32.2. The smallest absolute Gasteiger partial charge is 0.238 e. The lowest BCUT2D eigenvalue weighted by Crippen LogP contribution is -2.27. The van der Waals surface area contributed by atoms with Gasteiger partial charge in [0.25, 0.3) is 0 Å². The minimum absolute atomic E-state index is 0.0174. The molecular weight excluding hydrogens is 380 g/mol. The Hall–Kier alpha value is -2.27. The quantitative estimate of drug-likeness (QED) is 0.618. The molecule has 152 valence electrons. The van der Waals surface area contributed by atoms with Crippen LogP contribution in [0.15, 0.2) is 42.5 Å². The minimum Gasteiger partial charge on any atom is -0.326 e. The normalized spacial score (nSPS) is 18.2. The Labute approximate surface area is 177 Å². The van der Waals surface area contributed by atoms with E-state index in [1.54, 1.807) is 11.8 Å². The first-order chi connectivity index (χ1) is 14.2. The molecule has 2 amide bonds. The number of nitrogens with one attached hydrogen (secondary N) is 1. The summed E-state index contributed by atoms with van der Waals surface area (Å²) in [6, 6.07) is 14.4. The highest BCUT2D eigenvalue weighted by Gasteiger charge is 2.34. The van der Waals surface area contributed by atoms with Gasteiger partial charge in [-0.25, -0.2) is 0 Å². The molecule has 1 N–H and O–H groups in total. The number of aryl methyl sites for hydroxylation is 2. The van der Waals surface area contributed by atoms with E-state index in [4.69, 9.17) is 0 Å². The Kier molecular flexibility index (Phi) is 6.24. The van der Waals surface area contributed by atoms with Crippen molar-refractivity contribution in [3.8, 4) is 0 Å². The van der Waals surface area contributed by atoms with Crippen LogP contribution < -0.4 is 10.2 Å². The number of unbranched alkanes of at least 4 members (excludes halogenated alkanes) is 2. The summed E-state index contributed by atoms with van der Waals surface area (Å²) in [4.78, 5) is 26.6. The highest BCUT2D eigenvalue weighted by molar-refractivity contribution is 8.00. The van der Waals surface area contributed by atoms with Crippen LogP contribution in [0.25, 0.3) is 0 Å². The number of anilines is 2. The third-order valence-electron chi connectivity index (χ3n) is 5.72. The lowest BCUT2D eigenvalue weighted by molar-refractivity contribution is -0.116. The lowest BCUT2D eigenvalue weighted by atomic mass is 10.1. The number of benzene rings is 2. The van der Waals surface area contributed by atoms with Crippen molar-refractivity contribution in [2.24, 2.45) is 0 Å². The monoisotopic (exact) mass is 408 g/mol. The summed E-state index contributed by atoms with van der Waals surface area (Å²) >= 11 is 1.66. The molecule has 1 aliphatic heterocycles. The molecule has 2 aliphatic rings. The topological polar surface area (TPSA) is 49.4 Å². The van der Waals surface area contributed by atoms with Crippen LogP contribution in [0, 0.1) is 0 Å². The van der Waals surface area contributed by atoms with Crippen LogP contribution in [-0.4, -0.2) is 17.6 Å². The molecule has 1 heterocycles. The molecule has 2 aromatic rings. The third kappa shape index (κ3) is 4.50. The van der Waals surface area contributed by atoms with Gasteiger partial charge in [-0.3, -0.25) is 14.5 Å². The van der Waals surface area contributed by atoms with E-state index in [9.17, 15) is 9.59 Å². The second-order valence-electron chi connectivity index (χ2n) is 7.86. The molecule has 4 nitrogen and oxygen atoms in total. The fourth-order valence-electron chi connectivity index (χ4n) is 4.15. The van der Waals surface area contributed by atoms with E-state index >= 15 is 0 Å². The Morgan fingerprint density at radius 2 is 1.90 bits per heavy atom. The predicted molar refractivity (Wildman–Crippen MR) is 120 cm³/mol. The predicted octanol–water partition coefficient (Wildman–Crippen LogP) is 5.47. The maximum Gasteiger partial charge on any atom is 0.238 e. The van der Waals surface area contributed by atoms with Gasteiger partial charge >= 0.3 is 0 Å². The van der Waals surface area contributed by atoms with Crippen LogP contribution in [0.5, 0.6) is 0 Å². The average molecular weight is 409 g/mol. The molecule has 5 heteroatoms. The summed E-state index contributed by atoms with van der Waals surface area (Å²) in [7, 11) is 0. The van der Waals surface area contributed by atoms with Crippen molar-refractivity contribution in [1.82, 2.24) is 0 Å². The molecule has 1 fully saturated rings. The Bertz CT molecular complexity index is 894. The van der Waals surface area contributed by atoms with E-state index in [1.807, 2.05) is 29.2 Å². The zero-order chi connectivity index (χ0) is 20.2. The fraction of sp³-hybridized carbons (Fsp3) is 0.417. The van der Waals surface area contributed by atoms with Gasteiger partial charge in [-0.1, -0.05) is 38.0 Å². The second kappa shape index (κ2) is 9.04. The summed E-state index contributed by atoms with van der Waals surface area (Å²) < 4.78 is 0. The van der Waals surface area contributed by atoms with Gasteiger partial charge in [0.1, 0.15) is 5.37 Å². The number of nitrogens with zero attached hydrogens (tertiary/aromatic N) is 1. The molecule has 29 heavy (non-hydrogen) atoms. The lowest BCUT2D eigenvalue weighted by Gasteiger charge is -2.25. The van der Waals surface area contributed by atoms with Gasteiger partial charge in [0.05, 0.1) is 5.75 Å². The van der Waals surface area contributed by atoms with Crippen molar-refractivity contribution in [1.29, 1.82) is 0 Å². The zero-order valence-electron chi connectivity index (χ0n) is 16.9. The average Bonchev–Trinajstić information content (AvgIpc) is 3.34. The Morgan fingerprint density at radius 3 is 2.69 bits per heavy atom. The summed E-state index contributed by atoms with van der Waals surface area (Å²) in [5.74, 6) is 0.722. The molecule has 1 atom stereocenters. The minimum atomic E-state index is -0.0174. The second-order valence-corrected chi connectivity index (χ2v) is 8.93. The number of hydrogen-bond donors (Lipinski definition) is 1. The van der Waals surface area contributed by atoms with Crippen LogP contribution >= 0.6 is 11.8 Å². The van der Waals surface area contributed by atoms with Crippen molar-refractivity contribution in [2.45, 2.75) is 57.2 Å². The maximum absolute atomic E-state index is 12.6. The number of rotatable bonds is 7. The van der Waals surface area contributed by atoms with Gasteiger partial charge in [-0.15, -0.1) is 11.8 Å².